The molecule has 0 unspecified atom stereocenters. The number of fused-ring (bicyclic) bond motifs is 2. The standard InChI is InChI=1S/C27H34N6O4.C24H18ClN3O2/c1-3-21-22(17-33-26(28)25(21)18-4-7-20(34)8-5-18)19-6-9-23(32-16-19)27(36)31-12-11-30-24(35)10-14-37-15-13-29-2;1-14-3-5-18(10-17(14)13-29)30-24-26-21-11-19(20(25)12-22(21)27-24)15-4-6-23-16(9-15)7-8-28(23)2/h4-9,16-17,29,34H,3,10-15H2,1-2H3,(H2,28,33)(H,30,35)(H,31,36);3-13H,1-2H3,(H,26,27). The maximum absolute atomic E-state index is 12.5. The number of nitrogen functional groups attached to an aromatic ring is 1. The Kier molecular flexibility index (Phi) is 15.6. The summed E-state index contributed by atoms with van der Waals surface area (Å²) in [5.74, 6) is 0.672. The van der Waals surface area contributed by atoms with Crippen LogP contribution in [0.3, 0.4) is 0 Å². The lowest BCUT2D eigenvalue weighted by atomic mass is 9.92. The lowest BCUT2D eigenvalue weighted by Crippen LogP contribution is -2.35. The third kappa shape index (κ3) is 11.6. The van der Waals surface area contributed by atoms with Crippen molar-refractivity contribution in [1.29, 1.82) is 0 Å². The zero-order valence-electron chi connectivity index (χ0n) is 37.7. The first-order valence-electron chi connectivity index (χ1n) is 21.7. The second-order valence-electron chi connectivity index (χ2n) is 15.6. The predicted molar refractivity (Wildman–Crippen MR) is 263 cm³/mol. The van der Waals surface area contributed by atoms with Crippen LogP contribution in [-0.2, 0) is 23.0 Å². The monoisotopic (exact) mass is 921 g/mol. The summed E-state index contributed by atoms with van der Waals surface area (Å²) in [5, 5.41) is 19.9. The highest BCUT2D eigenvalue weighted by Crippen LogP contribution is 2.37. The van der Waals surface area contributed by atoms with Crippen LogP contribution >= 0.6 is 11.6 Å². The molecule has 0 spiro atoms. The highest BCUT2D eigenvalue weighted by Gasteiger charge is 2.17. The van der Waals surface area contributed by atoms with Gasteiger partial charge in [-0.25, -0.2) is 4.98 Å². The van der Waals surface area contributed by atoms with Gasteiger partial charge in [-0.1, -0.05) is 48.9 Å². The molecule has 16 heteroatoms. The third-order valence-corrected chi connectivity index (χ3v) is 11.4. The number of carbonyl (C=O) groups excluding carboxylic acids is 3. The highest BCUT2D eigenvalue weighted by molar-refractivity contribution is 6.34. The second kappa shape index (κ2) is 22.1. The number of aromatic amines is 1. The molecule has 4 heterocycles. The number of phenols is 1. The Morgan fingerprint density at radius 1 is 0.881 bits per heavy atom. The van der Waals surface area contributed by atoms with E-state index in [1.165, 1.54) is 5.52 Å². The first kappa shape index (κ1) is 47.4. The molecule has 4 aromatic heterocycles. The minimum atomic E-state index is -0.327. The number of benzene rings is 4. The number of likely N-dealkylation sites (N-methyl/N-ethyl adjacent to an activating group) is 1. The first-order chi connectivity index (χ1) is 32.5. The van der Waals surface area contributed by atoms with Crippen LogP contribution in [0.15, 0.2) is 110 Å². The number of aromatic nitrogens is 5. The zero-order valence-corrected chi connectivity index (χ0v) is 38.4. The van der Waals surface area contributed by atoms with E-state index < -0.39 is 0 Å². The van der Waals surface area contributed by atoms with E-state index in [0.29, 0.717) is 54.3 Å². The third-order valence-electron chi connectivity index (χ3n) is 11.1. The highest BCUT2D eigenvalue weighted by atomic mass is 35.5. The number of amides is 2. The number of hydrogen-bond donors (Lipinski definition) is 6. The molecular formula is C51H52ClN9O6. The molecule has 0 saturated heterocycles. The van der Waals surface area contributed by atoms with Crippen molar-refractivity contribution in [1.82, 2.24) is 40.5 Å². The van der Waals surface area contributed by atoms with Gasteiger partial charge >= 0.3 is 0 Å². The topological polar surface area (TPSA) is 211 Å². The zero-order chi connectivity index (χ0) is 47.5. The van der Waals surface area contributed by atoms with Crippen LogP contribution in [0.1, 0.15) is 45.3 Å². The van der Waals surface area contributed by atoms with Gasteiger partial charge in [0.15, 0.2) is 0 Å². The van der Waals surface area contributed by atoms with Crippen molar-refractivity contribution in [3.63, 3.8) is 0 Å². The molecule has 7 N–H and O–H groups in total. The van der Waals surface area contributed by atoms with Crippen LogP contribution in [0.2, 0.25) is 5.02 Å². The van der Waals surface area contributed by atoms with E-state index in [1.54, 1.807) is 48.8 Å². The largest absolute Gasteiger partial charge is 0.508 e. The van der Waals surface area contributed by atoms with Gasteiger partial charge in [0.05, 0.1) is 29.3 Å². The molecule has 344 valence electrons. The van der Waals surface area contributed by atoms with E-state index in [2.05, 4.69) is 64.7 Å². The molecule has 0 atom stereocenters. The molecule has 15 nitrogen and oxygen atoms in total. The molecule has 0 radical (unpaired) electrons. The maximum Gasteiger partial charge on any atom is 0.300 e. The number of halogens is 1. The van der Waals surface area contributed by atoms with Crippen LogP contribution in [0.25, 0.3) is 55.3 Å². The van der Waals surface area contributed by atoms with Crippen LogP contribution in [-0.4, -0.2) is 87.6 Å². The quantitative estimate of drug-likeness (QED) is 0.0377. The lowest BCUT2D eigenvalue weighted by Gasteiger charge is -2.16. The molecule has 2 amide bonds. The number of nitrogens with one attached hydrogen (secondary N) is 4. The molecule has 4 aromatic carbocycles. The summed E-state index contributed by atoms with van der Waals surface area (Å²) < 4.78 is 13.2. The molecule has 0 aliphatic carbocycles. The number of imidazole rings is 1. The summed E-state index contributed by atoms with van der Waals surface area (Å²) >= 11 is 6.59. The molecular weight excluding hydrogens is 870 g/mol. The van der Waals surface area contributed by atoms with Crippen LogP contribution in [0.4, 0.5) is 5.82 Å². The number of nitrogens with two attached hydrogens (primary N) is 1. The van der Waals surface area contributed by atoms with Crippen molar-refractivity contribution in [2.45, 2.75) is 26.7 Å². The number of pyridine rings is 2. The Morgan fingerprint density at radius 3 is 2.40 bits per heavy atom. The maximum atomic E-state index is 12.5. The van der Waals surface area contributed by atoms with Gasteiger partial charge in [0.25, 0.3) is 11.9 Å². The number of anilines is 1. The van der Waals surface area contributed by atoms with E-state index in [9.17, 15) is 19.5 Å². The number of H-pyrrole nitrogens is 1. The van der Waals surface area contributed by atoms with Crippen molar-refractivity contribution in [2.75, 3.05) is 45.6 Å². The Balaban J connectivity index is 0.000000202. The Bertz CT molecular complexity index is 3020. The van der Waals surface area contributed by atoms with Crippen LogP contribution in [0, 0.1) is 6.92 Å². The van der Waals surface area contributed by atoms with Gasteiger partial charge in [0, 0.05) is 90.4 Å². The van der Waals surface area contributed by atoms with Gasteiger partial charge in [0.1, 0.15) is 29.3 Å². The fourth-order valence-corrected chi connectivity index (χ4v) is 7.74. The van der Waals surface area contributed by atoms with Crippen molar-refractivity contribution in [2.24, 2.45) is 7.05 Å². The molecule has 8 rings (SSSR count). The van der Waals surface area contributed by atoms with Gasteiger partial charge < -0.3 is 45.8 Å². The molecule has 0 aliphatic rings. The SMILES string of the molecule is CCc1c(-c2ccc(C(=O)NCCNC(=O)CCOCCNC)nc2)cnc(N)c1-c1ccc(O)cc1.Cc1ccc(Oc2nc3cc(-c4ccc5c(ccn5C)c4)c(Cl)cc3[nH]2)cc1C=O. The number of nitrogens with zero attached hydrogens (tertiary/aromatic N) is 4. The minimum absolute atomic E-state index is 0.128. The summed E-state index contributed by atoms with van der Waals surface area (Å²) in [5.41, 5.74) is 17.0. The van der Waals surface area contributed by atoms with Crippen LogP contribution in [0.5, 0.6) is 17.5 Å². The molecule has 0 bridgehead atoms. The second-order valence-corrected chi connectivity index (χ2v) is 16.1. The summed E-state index contributed by atoms with van der Waals surface area (Å²) in [4.78, 5) is 51.9. The lowest BCUT2D eigenvalue weighted by molar-refractivity contribution is -0.122. The van der Waals surface area contributed by atoms with Gasteiger partial charge in [-0.3, -0.25) is 19.4 Å². The van der Waals surface area contributed by atoms with Crippen molar-refractivity contribution >= 4 is 57.5 Å². The Morgan fingerprint density at radius 2 is 1.66 bits per heavy atom. The number of phenolic OH excluding ortho intramolecular Hbond substituents is 1. The van der Waals surface area contributed by atoms with Crippen molar-refractivity contribution in [3.05, 3.63) is 137 Å². The normalized spacial score (nSPS) is 11.0. The molecule has 67 heavy (non-hydrogen) atoms. The fourth-order valence-electron chi connectivity index (χ4n) is 7.46. The summed E-state index contributed by atoms with van der Waals surface area (Å²) in [6.45, 7) is 6.16. The van der Waals surface area contributed by atoms with Gasteiger partial charge in [0.2, 0.25) is 5.91 Å². The average Bonchev–Trinajstić information content (AvgIpc) is 3.91. The van der Waals surface area contributed by atoms with Crippen molar-refractivity contribution in [3.8, 4) is 50.9 Å². The first-order valence-corrected chi connectivity index (χ1v) is 22.1. The molecule has 0 saturated carbocycles. The Labute approximate surface area is 392 Å². The molecule has 0 aliphatic heterocycles. The van der Waals surface area contributed by atoms with E-state index in [1.807, 2.05) is 64.5 Å². The number of carbonyl (C=O) groups is 3. The number of aldehydes is 1. The van der Waals surface area contributed by atoms with E-state index in [-0.39, 0.29) is 36.2 Å². The van der Waals surface area contributed by atoms with Crippen molar-refractivity contribution < 1.29 is 29.0 Å². The van der Waals surface area contributed by atoms with Crippen LogP contribution < -0.4 is 26.4 Å². The minimum Gasteiger partial charge on any atom is -0.508 e. The molecule has 0 fully saturated rings. The average molecular weight is 922 g/mol. The Hall–Kier alpha value is -7.59. The number of ether oxygens (including phenoxy) is 2. The fraction of sp³-hybridized carbons (Fsp3) is 0.216. The number of aryl methyl sites for hydroxylation is 2. The summed E-state index contributed by atoms with van der Waals surface area (Å²) in [7, 11) is 3.86. The van der Waals surface area contributed by atoms with Gasteiger partial charge in [-0.05, 0) is 103 Å². The predicted octanol–water partition coefficient (Wildman–Crippen LogP) is 8.42. The summed E-state index contributed by atoms with van der Waals surface area (Å²) in [6, 6.07) is 28.2. The number of rotatable bonds is 17. The summed E-state index contributed by atoms with van der Waals surface area (Å²) in [6.07, 6.45) is 7.18. The van der Waals surface area contributed by atoms with Gasteiger partial charge in [-0.15, -0.1) is 0 Å². The smallest absolute Gasteiger partial charge is 0.300 e. The molecule has 8 aromatic rings. The van der Waals surface area contributed by atoms with Gasteiger partial charge in [-0.2, -0.15) is 4.98 Å². The number of aromatic hydroxyl groups is 1. The van der Waals surface area contributed by atoms with E-state index in [4.69, 9.17) is 26.8 Å². The van der Waals surface area contributed by atoms with E-state index >= 15 is 0 Å². The van der Waals surface area contributed by atoms with E-state index in [0.717, 1.165) is 73.8 Å². The number of hydrogen-bond acceptors (Lipinski definition) is 11.